The van der Waals surface area contributed by atoms with Crippen molar-refractivity contribution in [2.45, 2.75) is 18.7 Å². The first-order valence-corrected chi connectivity index (χ1v) is 9.33. The first-order chi connectivity index (χ1) is 11.1. The summed E-state index contributed by atoms with van der Waals surface area (Å²) in [5.74, 6) is -0.00297. The van der Waals surface area contributed by atoms with Crippen LogP contribution >= 0.6 is 22.6 Å². The summed E-state index contributed by atoms with van der Waals surface area (Å²) < 4.78 is 39.5. The number of hydrogen-bond donors (Lipinski definition) is 0. The molecular weight excluding hydrogens is 447 g/mol. The van der Waals surface area contributed by atoms with Crippen molar-refractivity contribution in [2.75, 3.05) is 21.2 Å². The van der Waals surface area contributed by atoms with Crippen molar-refractivity contribution in [2.24, 2.45) is 4.40 Å². The molecule has 1 aromatic rings. The van der Waals surface area contributed by atoms with E-state index in [0.717, 1.165) is 0 Å². The van der Waals surface area contributed by atoms with Crippen LogP contribution in [0.3, 0.4) is 0 Å². The first kappa shape index (κ1) is 20.4. The SMILES string of the molecule is C/C=C(\C)Oc1c(I)cc(C(=O)OC)cc1S(=O)(=O)N=CN(C)C. The average Bonchev–Trinajstić information content (AvgIpc) is 2.53. The van der Waals surface area contributed by atoms with Gasteiger partial charge < -0.3 is 14.4 Å². The van der Waals surface area contributed by atoms with Gasteiger partial charge in [-0.2, -0.15) is 8.42 Å². The van der Waals surface area contributed by atoms with E-state index in [4.69, 9.17) is 4.74 Å². The molecule has 0 amide bonds. The third-order valence-electron chi connectivity index (χ3n) is 2.79. The standard InChI is InChI=1S/C15H19IN2O5S/c1-6-10(2)23-14-12(16)7-11(15(19)22-5)8-13(14)24(20,21)17-9-18(3)4/h6-9H,1-5H3/b10-6+,17-9?. The Morgan fingerprint density at radius 3 is 2.46 bits per heavy atom. The molecular formula is C15H19IN2O5S. The van der Waals surface area contributed by atoms with Crippen LogP contribution in [0.5, 0.6) is 5.75 Å². The summed E-state index contributed by atoms with van der Waals surface area (Å²) in [6.07, 6.45) is 2.86. The van der Waals surface area contributed by atoms with E-state index in [1.165, 1.54) is 30.5 Å². The van der Waals surface area contributed by atoms with Gasteiger partial charge in [0.05, 0.1) is 22.0 Å². The molecule has 0 atom stereocenters. The maximum absolute atomic E-state index is 12.6. The van der Waals surface area contributed by atoms with E-state index in [1.807, 2.05) is 22.6 Å². The number of esters is 1. The van der Waals surface area contributed by atoms with Crippen LogP contribution in [-0.4, -0.2) is 46.8 Å². The molecule has 0 radical (unpaired) electrons. The number of rotatable bonds is 6. The van der Waals surface area contributed by atoms with Crippen molar-refractivity contribution in [1.82, 2.24) is 4.90 Å². The molecule has 24 heavy (non-hydrogen) atoms. The fourth-order valence-electron chi connectivity index (χ4n) is 1.53. The van der Waals surface area contributed by atoms with E-state index in [1.54, 1.807) is 34.0 Å². The van der Waals surface area contributed by atoms with E-state index in [0.29, 0.717) is 9.33 Å². The third-order valence-corrected chi connectivity index (χ3v) is 4.83. The van der Waals surface area contributed by atoms with Crippen molar-refractivity contribution in [1.29, 1.82) is 0 Å². The van der Waals surface area contributed by atoms with Crippen molar-refractivity contribution >= 4 is 44.9 Å². The van der Waals surface area contributed by atoms with Gasteiger partial charge in [-0.15, -0.1) is 4.40 Å². The highest BCUT2D eigenvalue weighted by Gasteiger charge is 2.25. The van der Waals surface area contributed by atoms with Crippen LogP contribution in [0, 0.1) is 3.57 Å². The lowest BCUT2D eigenvalue weighted by atomic mass is 10.2. The van der Waals surface area contributed by atoms with Crippen LogP contribution in [0.15, 0.2) is 33.3 Å². The second-order valence-electron chi connectivity index (χ2n) is 4.94. The number of sulfonamides is 1. The highest BCUT2D eigenvalue weighted by molar-refractivity contribution is 14.1. The van der Waals surface area contributed by atoms with Crippen LogP contribution in [0.2, 0.25) is 0 Å². The molecule has 0 aromatic heterocycles. The van der Waals surface area contributed by atoms with Crippen LogP contribution in [-0.2, 0) is 14.8 Å². The quantitative estimate of drug-likeness (QED) is 0.211. The lowest BCUT2D eigenvalue weighted by Gasteiger charge is -2.14. The monoisotopic (exact) mass is 466 g/mol. The number of halogens is 1. The molecule has 7 nitrogen and oxygen atoms in total. The number of nitrogens with zero attached hydrogens (tertiary/aromatic N) is 2. The first-order valence-electron chi connectivity index (χ1n) is 6.82. The fourth-order valence-corrected chi connectivity index (χ4v) is 3.53. The zero-order chi connectivity index (χ0) is 18.5. The Morgan fingerprint density at radius 1 is 1.33 bits per heavy atom. The summed E-state index contributed by atoms with van der Waals surface area (Å²) in [4.78, 5) is 13.1. The van der Waals surface area contributed by atoms with E-state index < -0.39 is 16.0 Å². The number of hydrogen-bond acceptors (Lipinski definition) is 5. The molecule has 0 unspecified atom stereocenters. The minimum atomic E-state index is -4.06. The van der Waals surface area contributed by atoms with Gasteiger partial charge in [-0.3, -0.25) is 0 Å². The molecule has 0 saturated carbocycles. The lowest BCUT2D eigenvalue weighted by molar-refractivity contribution is 0.0600. The summed E-state index contributed by atoms with van der Waals surface area (Å²) in [6, 6.07) is 2.70. The van der Waals surface area contributed by atoms with Gasteiger partial charge in [-0.1, -0.05) is 0 Å². The highest BCUT2D eigenvalue weighted by atomic mass is 127. The molecule has 0 heterocycles. The predicted octanol–water partition coefficient (Wildman–Crippen LogP) is 2.66. The number of methoxy groups -OCH3 is 1. The van der Waals surface area contributed by atoms with Gasteiger partial charge in [0.2, 0.25) is 0 Å². The number of ether oxygens (including phenoxy) is 2. The average molecular weight is 466 g/mol. The molecule has 9 heteroatoms. The van der Waals surface area contributed by atoms with E-state index in [2.05, 4.69) is 9.13 Å². The maximum atomic E-state index is 12.6. The minimum Gasteiger partial charge on any atom is -0.465 e. The van der Waals surface area contributed by atoms with Gasteiger partial charge in [-0.05, 0) is 54.6 Å². The van der Waals surface area contributed by atoms with Gasteiger partial charge in [0.1, 0.15) is 11.2 Å². The second-order valence-corrected chi connectivity index (χ2v) is 7.70. The van der Waals surface area contributed by atoms with Gasteiger partial charge >= 0.3 is 5.97 Å². The van der Waals surface area contributed by atoms with Crippen LogP contribution < -0.4 is 4.74 Å². The van der Waals surface area contributed by atoms with Crippen molar-refractivity contribution in [3.05, 3.63) is 33.1 Å². The van der Waals surface area contributed by atoms with Gasteiger partial charge in [0.25, 0.3) is 10.0 Å². The molecule has 0 fully saturated rings. The van der Waals surface area contributed by atoms with Crippen LogP contribution in [0.1, 0.15) is 24.2 Å². The molecule has 0 spiro atoms. The molecule has 1 aromatic carbocycles. The van der Waals surface area contributed by atoms with Gasteiger partial charge in [0.15, 0.2) is 5.75 Å². The topological polar surface area (TPSA) is 85.3 Å². The van der Waals surface area contributed by atoms with Crippen molar-refractivity contribution in [3.63, 3.8) is 0 Å². The van der Waals surface area contributed by atoms with E-state index in [9.17, 15) is 13.2 Å². The minimum absolute atomic E-state index is 0.103. The summed E-state index contributed by atoms with van der Waals surface area (Å²) in [5.41, 5.74) is 0.103. The van der Waals surface area contributed by atoms with Crippen molar-refractivity contribution in [3.8, 4) is 5.75 Å². The number of carbonyl (C=O) groups excluding carboxylic acids is 1. The van der Waals surface area contributed by atoms with Crippen molar-refractivity contribution < 1.29 is 22.7 Å². The zero-order valence-corrected chi connectivity index (χ0v) is 17.0. The molecule has 0 aliphatic carbocycles. The highest BCUT2D eigenvalue weighted by Crippen LogP contribution is 2.34. The Kier molecular flexibility index (Phi) is 7.21. The normalized spacial score (nSPS) is 12.3. The Morgan fingerprint density at radius 2 is 1.96 bits per heavy atom. The molecule has 0 bridgehead atoms. The van der Waals surface area contributed by atoms with Crippen LogP contribution in [0.25, 0.3) is 0 Å². The number of carbonyl (C=O) groups is 1. The van der Waals surface area contributed by atoms with Gasteiger partial charge in [-0.25, -0.2) is 4.79 Å². The second kappa shape index (κ2) is 8.47. The lowest BCUT2D eigenvalue weighted by Crippen LogP contribution is -2.12. The van der Waals surface area contributed by atoms with Gasteiger partial charge in [0, 0.05) is 14.1 Å². The number of benzene rings is 1. The van der Waals surface area contributed by atoms with Crippen LogP contribution in [0.4, 0.5) is 0 Å². The third kappa shape index (κ3) is 5.20. The summed E-state index contributed by atoms with van der Waals surface area (Å²) in [6.45, 7) is 3.47. The molecule has 0 N–H and O–H groups in total. The maximum Gasteiger partial charge on any atom is 0.337 e. The number of allylic oxidation sites excluding steroid dienone is 2. The Balaban J connectivity index is 3.63. The summed E-state index contributed by atoms with van der Waals surface area (Å²) >= 11 is 1.91. The molecule has 132 valence electrons. The smallest absolute Gasteiger partial charge is 0.337 e. The molecule has 1 rings (SSSR count). The predicted molar refractivity (Wildman–Crippen MR) is 99.9 cm³/mol. The zero-order valence-electron chi connectivity index (χ0n) is 14.0. The summed E-state index contributed by atoms with van der Waals surface area (Å²) in [7, 11) is 0.456. The Hall–Kier alpha value is -1.62. The Bertz CT molecular complexity index is 785. The Labute approximate surface area is 155 Å². The molecule has 0 aliphatic heterocycles. The summed E-state index contributed by atoms with van der Waals surface area (Å²) in [5, 5.41) is 0. The largest absolute Gasteiger partial charge is 0.465 e. The van der Waals surface area contributed by atoms with E-state index >= 15 is 0 Å². The van der Waals surface area contributed by atoms with E-state index in [-0.39, 0.29) is 16.2 Å². The fraction of sp³-hybridized carbons (Fsp3) is 0.333. The molecule has 0 saturated heterocycles. The molecule has 0 aliphatic rings.